The average molecular weight is 293 g/mol. The lowest BCUT2D eigenvalue weighted by Crippen LogP contribution is -2.37. The standard InChI is InChI=1S/C16H23NO2S/c18-11-14-8-4-7-13(14)10-17-16(19)15(20)9-12-5-2-1-3-6-12/h1-3,5-6,13-15,18,20H,4,7-11H2,(H,17,19). The van der Waals surface area contributed by atoms with Crippen molar-refractivity contribution in [2.24, 2.45) is 11.8 Å². The van der Waals surface area contributed by atoms with E-state index in [9.17, 15) is 9.90 Å². The normalized spacial score (nSPS) is 23.5. The van der Waals surface area contributed by atoms with Crippen molar-refractivity contribution in [3.63, 3.8) is 0 Å². The lowest BCUT2D eigenvalue weighted by molar-refractivity contribution is -0.120. The van der Waals surface area contributed by atoms with Crippen molar-refractivity contribution in [3.8, 4) is 0 Å². The maximum absolute atomic E-state index is 12.0. The molecule has 1 saturated carbocycles. The van der Waals surface area contributed by atoms with Crippen LogP contribution < -0.4 is 5.32 Å². The molecule has 1 aromatic carbocycles. The first kappa shape index (κ1) is 15.4. The van der Waals surface area contributed by atoms with Crippen LogP contribution >= 0.6 is 12.6 Å². The predicted octanol–water partition coefficient (Wildman–Crippen LogP) is 2.05. The van der Waals surface area contributed by atoms with Gasteiger partial charge in [0.1, 0.15) is 0 Å². The summed E-state index contributed by atoms with van der Waals surface area (Å²) in [5.41, 5.74) is 1.12. The molecule has 0 radical (unpaired) electrons. The quantitative estimate of drug-likeness (QED) is 0.703. The molecule has 1 fully saturated rings. The molecule has 3 atom stereocenters. The fraction of sp³-hybridized carbons (Fsp3) is 0.562. The zero-order chi connectivity index (χ0) is 14.4. The zero-order valence-corrected chi connectivity index (χ0v) is 12.6. The number of benzene rings is 1. The van der Waals surface area contributed by atoms with Crippen molar-refractivity contribution in [1.82, 2.24) is 5.32 Å². The van der Waals surface area contributed by atoms with E-state index in [1.165, 1.54) is 0 Å². The van der Waals surface area contributed by atoms with Crippen LogP contribution in [0.1, 0.15) is 24.8 Å². The van der Waals surface area contributed by atoms with Gasteiger partial charge < -0.3 is 10.4 Å². The maximum Gasteiger partial charge on any atom is 0.233 e. The van der Waals surface area contributed by atoms with Crippen LogP contribution in [0.25, 0.3) is 0 Å². The van der Waals surface area contributed by atoms with Crippen LogP contribution in [0.3, 0.4) is 0 Å². The molecule has 1 aliphatic rings. The van der Waals surface area contributed by atoms with E-state index in [1.807, 2.05) is 30.3 Å². The summed E-state index contributed by atoms with van der Waals surface area (Å²) in [6.45, 7) is 0.894. The van der Waals surface area contributed by atoms with Crippen LogP contribution in [0.2, 0.25) is 0 Å². The van der Waals surface area contributed by atoms with Crippen molar-refractivity contribution in [3.05, 3.63) is 35.9 Å². The van der Waals surface area contributed by atoms with Crippen molar-refractivity contribution in [1.29, 1.82) is 0 Å². The highest BCUT2D eigenvalue weighted by atomic mass is 32.1. The van der Waals surface area contributed by atoms with E-state index in [1.54, 1.807) is 0 Å². The molecule has 20 heavy (non-hydrogen) atoms. The molecule has 0 heterocycles. The first-order valence-electron chi connectivity index (χ1n) is 7.31. The molecular formula is C16H23NO2S. The van der Waals surface area contributed by atoms with E-state index in [4.69, 9.17) is 0 Å². The number of rotatable bonds is 6. The molecule has 3 nitrogen and oxygen atoms in total. The van der Waals surface area contributed by atoms with E-state index in [2.05, 4.69) is 17.9 Å². The third kappa shape index (κ3) is 4.25. The Balaban J connectivity index is 1.77. The van der Waals surface area contributed by atoms with Crippen molar-refractivity contribution in [2.45, 2.75) is 30.9 Å². The lowest BCUT2D eigenvalue weighted by Gasteiger charge is -2.19. The fourth-order valence-corrected chi connectivity index (χ4v) is 3.20. The van der Waals surface area contributed by atoms with Crippen LogP contribution in [0.4, 0.5) is 0 Å². The summed E-state index contributed by atoms with van der Waals surface area (Å²) < 4.78 is 0. The molecule has 0 aromatic heterocycles. The summed E-state index contributed by atoms with van der Waals surface area (Å²) in [6.07, 6.45) is 3.97. The Labute approximate surface area is 126 Å². The minimum Gasteiger partial charge on any atom is -0.396 e. The number of hydrogen-bond acceptors (Lipinski definition) is 3. The Hall–Kier alpha value is -1.00. The maximum atomic E-state index is 12.0. The van der Waals surface area contributed by atoms with E-state index in [-0.39, 0.29) is 17.8 Å². The number of carbonyl (C=O) groups is 1. The average Bonchev–Trinajstić information content (AvgIpc) is 2.93. The van der Waals surface area contributed by atoms with Gasteiger partial charge in [-0.2, -0.15) is 12.6 Å². The molecule has 2 rings (SSSR count). The minimum absolute atomic E-state index is 0.0132. The largest absolute Gasteiger partial charge is 0.396 e. The Kier molecular flexibility index (Phi) is 5.92. The second-order valence-electron chi connectivity index (χ2n) is 5.58. The number of amides is 1. The Morgan fingerprint density at radius 1 is 1.30 bits per heavy atom. The Morgan fingerprint density at radius 2 is 2.00 bits per heavy atom. The summed E-state index contributed by atoms with van der Waals surface area (Å²) in [5, 5.41) is 11.9. The van der Waals surface area contributed by atoms with Crippen LogP contribution in [-0.4, -0.2) is 29.4 Å². The monoisotopic (exact) mass is 293 g/mol. The molecule has 0 saturated heterocycles. The zero-order valence-electron chi connectivity index (χ0n) is 11.7. The van der Waals surface area contributed by atoms with Gasteiger partial charge in [0.05, 0.1) is 5.25 Å². The highest BCUT2D eigenvalue weighted by molar-refractivity contribution is 7.81. The summed E-state index contributed by atoms with van der Waals surface area (Å²) in [4.78, 5) is 12.0. The number of aliphatic hydroxyl groups is 1. The number of thiol groups is 1. The van der Waals surface area contributed by atoms with Gasteiger partial charge in [0.2, 0.25) is 5.91 Å². The van der Waals surface area contributed by atoms with Crippen LogP contribution in [0.15, 0.2) is 30.3 Å². The van der Waals surface area contributed by atoms with E-state index in [0.717, 1.165) is 24.8 Å². The van der Waals surface area contributed by atoms with Gasteiger partial charge >= 0.3 is 0 Å². The minimum atomic E-state index is -0.314. The van der Waals surface area contributed by atoms with Gasteiger partial charge in [0.15, 0.2) is 0 Å². The van der Waals surface area contributed by atoms with Gasteiger partial charge in [0, 0.05) is 13.2 Å². The molecule has 0 aliphatic heterocycles. The van der Waals surface area contributed by atoms with Crippen LogP contribution in [0.5, 0.6) is 0 Å². The van der Waals surface area contributed by atoms with E-state index in [0.29, 0.717) is 24.8 Å². The third-order valence-electron chi connectivity index (χ3n) is 4.16. The van der Waals surface area contributed by atoms with Gasteiger partial charge in [-0.05, 0) is 36.7 Å². The SMILES string of the molecule is O=C(NCC1CCCC1CO)C(S)Cc1ccccc1. The molecule has 3 unspecified atom stereocenters. The van der Waals surface area contributed by atoms with Gasteiger partial charge in [-0.3, -0.25) is 4.79 Å². The summed E-state index contributed by atoms with van der Waals surface area (Å²) in [7, 11) is 0. The molecule has 4 heteroatoms. The number of nitrogens with one attached hydrogen (secondary N) is 1. The lowest BCUT2D eigenvalue weighted by atomic mass is 9.97. The van der Waals surface area contributed by atoms with Gasteiger partial charge in [-0.25, -0.2) is 0 Å². The van der Waals surface area contributed by atoms with Crippen LogP contribution in [0, 0.1) is 11.8 Å². The summed E-state index contributed by atoms with van der Waals surface area (Å²) in [6, 6.07) is 9.92. The van der Waals surface area contributed by atoms with Gasteiger partial charge in [0.25, 0.3) is 0 Å². The summed E-state index contributed by atoms with van der Waals surface area (Å²) >= 11 is 4.40. The summed E-state index contributed by atoms with van der Waals surface area (Å²) in [5.74, 6) is 0.754. The van der Waals surface area contributed by atoms with Crippen LogP contribution in [-0.2, 0) is 11.2 Å². The second kappa shape index (κ2) is 7.70. The fourth-order valence-electron chi connectivity index (χ4n) is 2.90. The topological polar surface area (TPSA) is 49.3 Å². The molecule has 0 bridgehead atoms. The second-order valence-corrected chi connectivity index (χ2v) is 6.21. The highest BCUT2D eigenvalue weighted by Crippen LogP contribution is 2.30. The van der Waals surface area contributed by atoms with E-state index >= 15 is 0 Å². The van der Waals surface area contributed by atoms with Crippen molar-refractivity contribution in [2.75, 3.05) is 13.2 Å². The number of carbonyl (C=O) groups excluding carboxylic acids is 1. The predicted molar refractivity (Wildman–Crippen MR) is 83.8 cm³/mol. The highest BCUT2D eigenvalue weighted by Gasteiger charge is 2.27. The van der Waals surface area contributed by atoms with Gasteiger partial charge in [-0.1, -0.05) is 36.8 Å². The smallest absolute Gasteiger partial charge is 0.233 e. The van der Waals surface area contributed by atoms with Crippen molar-refractivity contribution < 1.29 is 9.90 Å². The van der Waals surface area contributed by atoms with Gasteiger partial charge in [-0.15, -0.1) is 0 Å². The number of hydrogen-bond donors (Lipinski definition) is 3. The third-order valence-corrected chi connectivity index (χ3v) is 4.58. The Bertz CT molecular complexity index is 424. The first-order valence-corrected chi connectivity index (χ1v) is 7.83. The molecular weight excluding hydrogens is 270 g/mol. The molecule has 1 amide bonds. The molecule has 1 aliphatic carbocycles. The van der Waals surface area contributed by atoms with Crippen molar-refractivity contribution >= 4 is 18.5 Å². The van der Waals surface area contributed by atoms with E-state index < -0.39 is 0 Å². The molecule has 110 valence electrons. The molecule has 0 spiro atoms. The number of aliphatic hydroxyl groups excluding tert-OH is 1. The molecule has 1 aromatic rings. The molecule has 2 N–H and O–H groups in total. The first-order chi connectivity index (χ1) is 9.70. The Morgan fingerprint density at radius 3 is 2.70 bits per heavy atom.